The first-order valence-electron chi connectivity index (χ1n) is 28.1. The molecule has 12 rings (SSSR count). The third-order valence-electron chi connectivity index (χ3n) is 16.3. The average Bonchev–Trinajstić information content (AvgIpc) is 1.75. The number of amides is 8. The molecule has 0 radical (unpaired) electrons. The number of rotatable bonds is 19. The Morgan fingerprint density at radius 1 is 0.398 bits per heavy atom. The van der Waals surface area contributed by atoms with Crippen LogP contribution in [0.5, 0.6) is 46.0 Å². The Hall–Kier alpha value is -10.7. The van der Waals surface area contributed by atoms with Gasteiger partial charge in [0.1, 0.15) is 52.1 Å². The summed E-state index contributed by atoms with van der Waals surface area (Å²) < 4.78 is 30.2. The lowest BCUT2D eigenvalue weighted by molar-refractivity contribution is -0.149. The number of hydrogen-bond donors (Lipinski definition) is 2. The van der Waals surface area contributed by atoms with E-state index in [9.17, 15) is 43.2 Å². The van der Waals surface area contributed by atoms with E-state index in [1.165, 1.54) is 37.4 Å². The molecule has 1 atom stereocenters. The van der Waals surface area contributed by atoms with Gasteiger partial charge in [-0.2, -0.15) is 12.6 Å². The molecular formula is C69H54N4O14S. The van der Waals surface area contributed by atoms with Gasteiger partial charge in [0, 0.05) is 23.6 Å². The normalized spacial score (nSPS) is 14.6. The summed E-state index contributed by atoms with van der Waals surface area (Å²) in [4.78, 5) is 121. The molecule has 4 aliphatic rings. The minimum atomic E-state index is -1.30. The number of imide groups is 4. The molecule has 440 valence electrons. The molecule has 1 N–H and O–H groups in total. The van der Waals surface area contributed by atoms with Crippen molar-refractivity contribution in [3.8, 4) is 46.0 Å². The Bertz CT molecular complexity index is 4270. The van der Waals surface area contributed by atoms with E-state index in [4.69, 9.17) is 23.7 Å². The fourth-order valence-electron chi connectivity index (χ4n) is 11.1. The first-order valence-corrected chi connectivity index (χ1v) is 28.7. The van der Waals surface area contributed by atoms with E-state index in [0.29, 0.717) is 51.2 Å². The van der Waals surface area contributed by atoms with Crippen LogP contribution in [0.25, 0.3) is 0 Å². The molecule has 0 saturated heterocycles. The summed E-state index contributed by atoms with van der Waals surface area (Å²) in [6.45, 7) is 7.35. The van der Waals surface area contributed by atoms with Gasteiger partial charge in [0.25, 0.3) is 47.3 Å². The number of ether oxygens (including phenoxy) is 5. The lowest BCUT2D eigenvalue weighted by Gasteiger charge is -2.26. The van der Waals surface area contributed by atoms with Crippen LogP contribution in [0.15, 0.2) is 170 Å². The van der Waals surface area contributed by atoms with Crippen LogP contribution in [-0.4, -0.2) is 99.9 Å². The first-order chi connectivity index (χ1) is 42.1. The van der Waals surface area contributed by atoms with E-state index in [0.717, 1.165) is 37.0 Å². The maximum absolute atomic E-state index is 14.1. The quantitative estimate of drug-likeness (QED) is 0.0437. The van der Waals surface area contributed by atoms with E-state index < -0.39 is 71.4 Å². The Morgan fingerprint density at radius 2 is 0.682 bits per heavy atom. The number of benzene rings is 8. The highest BCUT2D eigenvalue weighted by molar-refractivity contribution is 7.80. The molecule has 88 heavy (non-hydrogen) atoms. The first kappa shape index (κ1) is 57.8. The summed E-state index contributed by atoms with van der Waals surface area (Å²) >= 11 is 4.15. The Kier molecular flexibility index (Phi) is 14.9. The van der Waals surface area contributed by atoms with Crippen molar-refractivity contribution in [3.63, 3.8) is 0 Å². The third kappa shape index (κ3) is 10.8. The second kappa shape index (κ2) is 22.6. The molecule has 4 heterocycles. The molecule has 19 heteroatoms. The minimum Gasteiger partial charge on any atom is -0.459 e. The van der Waals surface area contributed by atoms with Gasteiger partial charge < -0.3 is 23.7 Å². The van der Waals surface area contributed by atoms with Gasteiger partial charge in [0.2, 0.25) is 0 Å². The van der Waals surface area contributed by atoms with Crippen LogP contribution in [0, 0.1) is 0 Å². The molecule has 0 aromatic heterocycles. The number of carbonyl (C=O) groups excluding carboxylic acids is 9. The minimum absolute atomic E-state index is 0.0522. The fraction of sp³-hybridized carbons (Fsp3) is 0.174. The van der Waals surface area contributed by atoms with Crippen molar-refractivity contribution in [2.45, 2.75) is 51.0 Å². The van der Waals surface area contributed by atoms with Gasteiger partial charge in [0.15, 0.2) is 0 Å². The summed E-state index contributed by atoms with van der Waals surface area (Å²) in [5.41, 5.74) is 4.47. The zero-order valence-corrected chi connectivity index (χ0v) is 49.0. The highest BCUT2D eigenvalue weighted by atomic mass is 32.1. The molecule has 18 nitrogen and oxygen atoms in total. The van der Waals surface area contributed by atoms with Crippen LogP contribution >= 0.6 is 12.6 Å². The molecule has 0 spiro atoms. The van der Waals surface area contributed by atoms with Crippen molar-refractivity contribution in [2.75, 3.05) is 25.9 Å². The molecule has 1 unspecified atom stereocenters. The predicted molar refractivity (Wildman–Crippen MR) is 323 cm³/mol. The third-order valence-corrected chi connectivity index (χ3v) is 16.5. The van der Waals surface area contributed by atoms with Crippen LogP contribution < -0.4 is 24.3 Å². The maximum Gasteiger partial charge on any atom is 0.307 e. The molecule has 8 aromatic carbocycles. The van der Waals surface area contributed by atoms with E-state index in [2.05, 4.69) is 45.6 Å². The van der Waals surface area contributed by atoms with Crippen molar-refractivity contribution >= 4 is 65.9 Å². The molecule has 8 aromatic rings. The van der Waals surface area contributed by atoms with Crippen LogP contribution in [0.2, 0.25) is 0 Å². The van der Waals surface area contributed by atoms with Gasteiger partial charge in [-0.1, -0.05) is 76.2 Å². The van der Waals surface area contributed by atoms with Crippen molar-refractivity contribution in [2.24, 2.45) is 0 Å². The highest BCUT2D eigenvalue weighted by Crippen LogP contribution is 2.39. The van der Waals surface area contributed by atoms with Gasteiger partial charge in [-0.15, -0.1) is 0 Å². The van der Waals surface area contributed by atoms with Gasteiger partial charge in [0.05, 0.1) is 64.0 Å². The monoisotopic (exact) mass is 1190 g/mol. The summed E-state index contributed by atoms with van der Waals surface area (Å²) in [7, 11) is 1.44. The van der Waals surface area contributed by atoms with E-state index >= 15 is 0 Å². The van der Waals surface area contributed by atoms with E-state index in [-0.39, 0.29) is 63.3 Å². The van der Waals surface area contributed by atoms with Gasteiger partial charge in [-0.3, -0.25) is 63.2 Å². The summed E-state index contributed by atoms with van der Waals surface area (Å²) in [5.74, 6) is -1.48. The number of hydrogen-bond acceptors (Lipinski definition) is 15. The lowest BCUT2D eigenvalue weighted by Crippen LogP contribution is -2.46. The molecule has 0 aliphatic carbocycles. The van der Waals surface area contributed by atoms with Crippen molar-refractivity contribution in [3.05, 3.63) is 237 Å². The number of esters is 1. The lowest BCUT2D eigenvalue weighted by atomic mass is 9.78. The summed E-state index contributed by atoms with van der Waals surface area (Å²) in [5, 5.41) is 2.28. The summed E-state index contributed by atoms with van der Waals surface area (Å²) in [6, 6.07) is 48.6. The van der Waals surface area contributed by atoms with Gasteiger partial charge in [-0.25, -0.2) is 0 Å². The molecule has 0 bridgehead atoms. The average molecular weight is 1200 g/mol. The van der Waals surface area contributed by atoms with E-state index in [1.807, 2.05) is 72.8 Å². The second-order valence-corrected chi connectivity index (χ2v) is 23.0. The molecule has 8 amide bonds. The van der Waals surface area contributed by atoms with Crippen molar-refractivity contribution in [1.82, 2.24) is 20.0 Å². The Morgan fingerprint density at radius 3 is 1.05 bits per heavy atom. The van der Waals surface area contributed by atoms with Crippen LogP contribution in [0.1, 0.15) is 139 Å². The number of fused-ring (bicyclic) bond motifs is 4. The molecule has 0 fully saturated rings. The highest BCUT2D eigenvalue weighted by Gasteiger charge is 2.42. The predicted octanol–water partition coefficient (Wildman–Crippen LogP) is 11.7. The number of nitrogens with zero attached hydrogens (tertiary/aromatic N) is 3. The number of carbonyl (C=O) groups is 9. The zero-order chi connectivity index (χ0) is 61.9. The number of thiol groups is 1. The van der Waals surface area contributed by atoms with Crippen molar-refractivity contribution < 1.29 is 66.8 Å². The molecule has 4 aliphatic heterocycles. The van der Waals surface area contributed by atoms with Crippen LogP contribution in [0.3, 0.4) is 0 Å². The molecular weight excluding hydrogens is 1140 g/mol. The standard InChI is InChI=1S/C69H54N4O14S/c1-68(2,38-6-14-42(15-7-38)83-46-22-26-51-55(32-46)61(76)70-60(51)75)40-10-18-44(19-11-40)85-48-24-28-53-57(34-48)66(81)72(64(53)79)36-50(87-59(74)30-31-88)37-73-65(80)54-29-25-49(35-58(54)67(73)82)86-45-20-12-41(13-21-45)69(3,4)39-8-16-43(17-9-39)84-47-23-27-52-56(33-47)63(78)71(5)62(52)77/h6-29,32-35,50,88H,30-31,36-37H2,1-5H3,(H,70,75,76). The number of nitrogens with one attached hydrogen (secondary N) is 1. The smallest absolute Gasteiger partial charge is 0.307 e. The fourth-order valence-corrected chi connectivity index (χ4v) is 11.3. The zero-order valence-electron chi connectivity index (χ0n) is 48.1. The van der Waals surface area contributed by atoms with Crippen LogP contribution in [0.4, 0.5) is 0 Å². The second-order valence-electron chi connectivity index (χ2n) is 22.6. The SMILES string of the molecule is CN1C(=O)c2ccc(Oc3ccc(C(C)(C)c4ccc(Oc5ccc6c(c5)C(=O)N(CC(CN5C(=O)c7ccc(Oc8ccc(C(C)(C)c9ccc(Oc%10ccc%11c(c%10)C(=O)NC%11=O)cc9)cc8)cc7C5=O)OC(=O)CCS)C6=O)cc4)cc3)cc2C1=O. The largest absolute Gasteiger partial charge is 0.459 e. The van der Waals surface area contributed by atoms with Crippen molar-refractivity contribution in [1.29, 1.82) is 0 Å². The Balaban J connectivity index is 0.667. The van der Waals surface area contributed by atoms with Crippen LogP contribution in [-0.2, 0) is 20.4 Å². The topological polar surface area (TPSA) is 222 Å². The van der Waals surface area contributed by atoms with Gasteiger partial charge in [-0.05, 0) is 144 Å². The van der Waals surface area contributed by atoms with Gasteiger partial charge >= 0.3 is 5.97 Å². The van der Waals surface area contributed by atoms with E-state index in [1.54, 1.807) is 66.7 Å². The molecule has 0 saturated carbocycles. The Labute approximate surface area is 509 Å². The maximum atomic E-state index is 14.1. The summed E-state index contributed by atoms with van der Waals surface area (Å²) in [6.07, 6.45) is -1.42.